The number of halogens is 1. The normalized spacial score (nSPS) is 16.0. The number of carbonyl (C=O) groups is 1. The number of anilines is 1. The Morgan fingerprint density at radius 1 is 1.28 bits per heavy atom. The molecule has 0 radical (unpaired) electrons. The van der Waals surface area contributed by atoms with Gasteiger partial charge in [0.1, 0.15) is 11.6 Å². The molecule has 1 N–H and O–H groups in total. The number of aromatic nitrogens is 2. The molecule has 1 aliphatic heterocycles. The summed E-state index contributed by atoms with van der Waals surface area (Å²) >= 11 is 0. The molecule has 3 aromatic rings. The molecule has 1 amide bonds. The van der Waals surface area contributed by atoms with Crippen molar-refractivity contribution in [1.82, 2.24) is 9.55 Å². The number of rotatable bonds is 3. The van der Waals surface area contributed by atoms with Crippen LogP contribution in [-0.2, 0) is 4.79 Å². The number of hydrogen-bond donors (Lipinski definition) is 1. The van der Waals surface area contributed by atoms with E-state index in [-0.39, 0.29) is 11.8 Å². The first-order chi connectivity index (χ1) is 12.2. The van der Waals surface area contributed by atoms with Gasteiger partial charge in [-0.2, -0.15) is 0 Å². The maximum atomic E-state index is 14.3. The molecule has 4 rings (SSSR count). The van der Waals surface area contributed by atoms with Crippen molar-refractivity contribution in [1.29, 1.82) is 0 Å². The van der Waals surface area contributed by atoms with Crippen molar-refractivity contribution < 1.29 is 13.9 Å². The van der Waals surface area contributed by atoms with Gasteiger partial charge >= 0.3 is 0 Å². The number of nitrogens with one attached hydrogen (secondary N) is 1. The van der Waals surface area contributed by atoms with Gasteiger partial charge in [0, 0.05) is 23.6 Å². The number of carbonyl (C=O) groups excluding carboxylic acids is 1. The highest BCUT2D eigenvalue weighted by Gasteiger charge is 2.27. The molecule has 0 saturated heterocycles. The van der Waals surface area contributed by atoms with E-state index in [1.165, 1.54) is 12.4 Å². The van der Waals surface area contributed by atoms with E-state index in [0.717, 1.165) is 11.3 Å². The van der Waals surface area contributed by atoms with Crippen LogP contribution in [0.2, 0.25) is 0 Å². The lowest BCUT2D eigenvalue weighted by Gasteiger charge is -2.25. The van der Waals surface area contributed by atoms with Crippen molar-refractivity contribution in [3.63, 3.8) is 0 Å². The third kappa shape index (κ3) is 2.98. The van der Waals surface area contributed by atoms with Crippen LogP contribution in [0.5, 0.6) is 5.75 Å². The second-order valence-electron chi connectivity index (χ2n) is 5.85. The average Bonchev–Trinajstić information content (AvgIpc) is 3.15. The van der Waals surface area contributed by atoms with Crippen molar-refractivity contribution in [3.8, 4) is 11.4 Å². The van der Waals surface area contributed by atoms with E-state index in [2.05, 4.69) is 10.3 Å². The third-order valence-electron chi connectivity index (χ3n) is 4.27. The number of hydrogen-bond acceptors (Lipinski definition) is 3. The van der Waals surface area contributed by atoms with E-state index >= 15 is 0 Å². The zero-order chi connectivity index (χ0) is 17.2. The van der Waals surface area contributed by atoms with Crippen molar-refractivity contribution in [2.75, 3.05) is 11.9 Å². The molecular formula is C19H16FN3O2. The van der Waals surface area contributed by atoms with E-state index in [4.69, 9.17) is 4.74 Å². The molecule has 0 bridgehead atoms. The number of ether oxygens (including phenoxy) is 1. The largest absolute Gasteiger partial charge is 0.493 e. The summed E-state index contributed by atoms with van der Waals surface area (Å²) in [6.45, 7) is 0.489. The van der Waals surface area contributed by atoms with Gasteiger partial charge in [-0.1, -0.05) is 18.2 Å². The number of nitrogens with zero attached hydrogens (tertiary/aromatic N) is 2. The molecule has 126 valence electrons. The zero-order valence-corrected chi connectivity index (χ0v) is 13.4. The lowest BCUT2D eigenvalue weighted by Crippen LogP contribution is -2.26. The number of amides is 1. The van der Waals surface area contributed by atoms with Crippen molar-refractivity contribution in [2.45, 2.75) is 12.3 Å². The number of benzene rings is 2. The molecule has 25 heavy (non-hydrogen) atoms. The quantitative estimate of drug-likeness (QED) is 0.796. The van der Waals surface area contributed by atoms with Crippen LogP contribution >= 0.6 is 0 Å². The SMILES string of the molecule is O=C(Nc1ccc(-n2ccnc2)c(F)c1)[C@H]1CCOc2ccccc21. The highest BCUT2D eigenvalue weighted by molar-refractivity contribution is 5.96. The summed E-state index contributed by atoms with van der Waals surface area (Å²) in [6, 6.07) is 12.1. The first kappa shape index (κ1) is 15.4. The minimum absolute atomic E-state index is 0.162. The van der Waals surface area contributed by atoms with Gasteiger partial charge in [0.15, 0.2) is 0 Å². The lowest BCUT2D eigenvalue weighted by molar-refractivity contribution is -0.118. The maximum absolute atomic E-state index is 14.3. The maximum Gasteiger partial charge on any atom is 0.232 e. The molecule has 0 spiro atoms. The van der Waals surface area contributed by atoms with E-state index in [0.29, 0.717) is 24.4 Å². The van der Waals surface area contributed by atoms with Crippen LogP contribution in [0.25, 0.3) is 5.69 Å². The minimum atomic E-state index is -0.428. The molecular weight excluding hydrogens is 321 g/mol. The van der Waals surface area contributed by atoms with Gasteiger partial charge in [-0.05, 0) is 30.7 Å². The fraction of sp³-hybridized carbons (Fsp3) is 0.158. The van der Waals surface area contributed by atoms with Gasteiger partial charge in [0.05, 0.1) is 24.5 Å². The fourth-order valence-corrected chi connectivity index (χ4v) is 3.04. The molecule has 5 nitrogen and oxygen atoms in total. The van der Waals surface area contributed by atoms with Crippen molar-refractivity contribution >= 4 is 11.6 Å². The van der Waals surface area contributed by atoms with Crippen LogP contribution in [0.3, 0.4) is 0 Å². The molecule has 6 heteroatoms. The Morgan fingerprint density at radius 3 is 2.96 bits per heavy atom. The Balaban J connectivity index is 1.55. The standard InChI is InChI=1S/C19H16FN3O2/c20-16-11-13(5-6-17(16)23-9-8-21-12-23)22-19(24)15-7-10-25-18-4-2-1-3-14(15)18/h1-6,8-9,11-12,15H,7,10H2,(H,22,24)/t15-/m0/s1. The highest BCUT2D eigenvalue weighted by Crippen LogP contribution is 2.34. The number of imidazole rings is 1. The molecule has 0 saturated carbocycles. The predicted molar refractivity (Wildman–Crippen MR) is 91.4 cm³/mol. The van der Waals surface area contributed by atoms with Crippen LogP contribution in [0, 0.1) is 5.82 Å². The summed E-state index contributed by atoms with van der Waals surface area (Å²) in [5.74, 6) is -0.161. The van der Waals surface area contributed by atoms with Gasteiger partial charge in [0.25, 0.3) is 0 Å². The van der Waals surface area contributed by atoms with E-state index in [9.17, 15) is 9.18 Å². The Hall–Kier alpha value is -3.15. The predicted octanol–water partition coefficient (Wildman–Crippen LogP) is 3.52. The molecule has 1 aromatic heterocycles. The van der Waals surface area contributed by atoms with E-state index in [1.807, 2.05) is 24.3 Å². The van der Waals surface area contributed by atoms with Crippen molar-refractivity contribution in [2.24, 2.45) is 0 Å². The molecule has 1 aliphatic rings. The molecule has 0 fully saturated rings. The summed E-state index contributed by atoms with van der Waals surface area (Å²) in [5, 5.41) is 2.81. The number of fused-ring (bicyclic) bond motifs is 1. The molecule has 0 aliphatic carbocycles. The van der Waals surface area contributed by atoms with Crippen LogP contribution in [-0.4, -0.2) is 22.1 Å². The van der Waals surface area contributed by atoms with Crippen molar-refractivity contribution in [3.05, 3.63) is 72.6 Å². The first-order valence-corrected chi connectivity index (χ1v) is 8.03. The number of para-hydroxylation sites is 1. The van der Waals surface area contributed by atoms with Crippen LogP contribution < -0.4 is 10.1 Å². The second-order valence-corrected chi connectivity index (χ2v) is 5.85. The molecule has 2 heterocycles. The molecule has 0 unspecified atom stereocenters. The third-order valence-corrected chi connectivity index (χ3v) is 4.27. The van der Waals surface area contributed by atoms with Crippen LogP contribution in [0.4, 0.5) is 10.1 Å². The fourth-order valence-electron chi connectivity index (χ4n) is 3.04. The van der Waals surface area contributed by atoms with Gasteiger partial charge in [0.2, 0.25) is 5.91 Å². The smallest absolute Gasteiger partial charge is 0.232 e. The second kappa shape index (κ2) is 6.39. The Bertz CT molecular complexity index is 909. The summed E-state index contributed by atoms with van der Waals surface area (Å²) in [6.07, 6.45) is 5.36. The first-order valence-electron chi connectivity index (χ1n) is 8.03. The Kier molecular flexibility index (Phi) is 3.93. The topological polar surface area (TPSA) is 56.2 Å². The summed E-state index contributed by atoms with van der Waals surface area (Å²) in [5.41, 5.74) is 1.67. The molecule has 2 aromatic carbocycles. The minimum Gasteiger partial charge on any atom is -0.493 e. The van der Waals surface area contributed by atoms with E-state index in [1.54, 1.807) is 29.1 Å². The monoisotopic (exact) mass is 337 g/mol. The van der Waals surface area contributed by atoms with Gasteiger partial charge in [-0.25, -0.2) is 9.37 Å². The van der Waals surface area contributed by atoms with Gasteiger partial charge in [-0.15, -0.1) is 0 Å². The Labute approximate surface area is 144 Å². The zero-order valence-electron chi connectivity index (χ0n) is 13.4. The summed E-state index contributed by atoms with van der Waals surface area (Å²) in [4.78, 5) is 16.6. The average molecular weight is 337 g/mol. The van der Waals surface area contributed by atoms with Gasteiger partial charge < -0.3 is 14.6 Å². The Morgan fingerprint density at radius 2 is 2.16 bits per heavy atom. The lowest BCUT2D eigenvalue weighted by atomic mass is 9.92. The van der Waals surface area contributed by atoms with Crippen LogP contribution in [0.15, 0.2) is 61.2 Å². The summed E-state index contributed by atoms with van der Waals surface area (Å²) in [7, 11) is 0. The van der Waals surface area contributed by atoms with Crippen LogP contribution in [0.1, 0.15) is 17.9 Å². The summed E-state index contributed by atoms with van der Waals surface area (Å²) < 4.78 is 21.5. The molecule has 1 atom stereocenters. The van der Waals surface area contributed by atoms with Gasteiger partial charge in [-0.3, -0.25) is 4.79 Å². The van der Waals surface area contributed by atoms with E-state index < -0.39 is 5.82 Å². The highest BCUT2D eigenvalue weighted by atomic mass is 19.1.